The zero-order chi connectivity index (χ0) is 13.4. The monoisotopic (exact) mass is 251 g/mol. The van der Waals surface area contributed by atoms with Crippen molar-refractivity contribution in [2.24, 2.45) is 0 Å². The molecule has 102 valence electrons. The van der Waals surface area contributed by atoms with Gasteiger partial charge < -0.3 is 14.8 Å². The molecule has 1 aromatic carbocycles. The number of benzene rings is 1. The Balaban J connectivity index is 2.49. The van der Waals surface area contributed by atoms with Crippen molar-refractivity contribution in [1.29, 1.82) is 0 Å². The van der Waals surface area contributed by atoms with E-state index in [1.165, 1.54) is 0 Å². The Hall–Kier alpha value is -1.22. The van der Waals surface area contributed by atoms with Gasteiger partial charge in [-0.15, -0.1) is 0 Å². The standard InChI is InChI=1S/C15H25NO2/c1-5-11-16-12-15(3,4)18-14-9-7-13(8-10-14)17-6-2/h7-10,16H,5-6,11-12H2,1-4H3. The number of nitrogens with one attached hydrogen (secondary N) is 1. The van der Waals surface area contributed by atoms with Crippen molar-refractivity contribution in [3.63, 3.8) is 0 Å². The van der Waals surface area contributed by atoms with Gasteiger partial charge in [-0.3, -0.25) is 0 Å². The summed E-state index contributed by atoms with van der Waals surface area (Å²) in [6.45, 7) is 10.9. The SMILES string of the molecule is CCCNCC(C)(C)Oc1ccc(OCC)cc1. The number of rotatable bonds is 8. The van der Waals surface area contributed by atoms with Gasteiger partial charge in [0.1, 0.15) is 17.1 Å². The molecule has 0 unspecified atom stereocenters. The number of hydrogen-bond acceptors (Lipinski definition) is 3. The fourth-order valence-electron chi connectivity index (χ4n) is 1.69. The molecule has 0 aliphatic carbocycles. The first kappa shape index (κ1) is 14.8. The van der Waals surface area contributed by atoms with E-state index in [2.05, 4.69) is 26.1 Å². The summed E-state index contributed by atoms with van der Waals surface area (Å²) >= 11 is 0. The molecule has 3 heteroatoms. The predicted octanol–water partition coefficient (Wildman–Crippen LogP) is 3.24. The van der Waals surface area contributed by atoms with Crippen molar-refractivity contribution >= 4 is 0 Å². The smallest absolute Gasteiger partial charge is 0.120 e. The molecule has 0 radical (unpaired) electrons. The third kappa shape index (κ3) is 5.41. The molecule has 0 fully saturated rings. The van der Waals surface area contributed by atoms with Crippen molar-refractivity contribution in [2.75, 3.05) is 19.7 Å². The second-order valence-corrected chi connectivity index (χ2v) is 4.94. The van der Waals surface area contributed by atoms with Crippen LogP contribution in [0, 0.1) is 0 Å². The minimum Gasteiger partial charge on any atom is -0.494 e. The van der Waals surface area contributed by atoms with Crippen LogP contribution in [0.3, 0.4) is 0 Å². The van der Waals surface area contributed by atoms with Crippen LogP contribution in [0.5, 0.6) is 11.5 Å². The lowest BCUT2D eigenvalue weighted by atomic mass is 10.1. The summed E-state index contributed by atoms with van der Waals surface area (Å²) < 4.78 is 11.4. The van der Waals surface area contributed by atoms with Crippen LogP contribution < -0.4 is 14.8 Å². The highest BCUT2D eigenvalue weighted by Crippen LogP contribution is 2.21. The van der Waals surface area contributed by atoms with Crippen LogP contribution in [0.15, 0.2) is 24.3 Å². The molecule has 0 heterocycles. The molecule has 0 saturated carbocycles. The van der Waals surface area contributed by atoms with Crippen molar-refractivity contribution < 1.29 is 9.47 Å². The van der Waals surface area contributed by atoms with Crippen molar-refractivity contribution in [3.05, 3.63) is 24.3 Å². The van der Waals surface area contributed by atoms with Gasteiger partial charge in [0, 0.05) is 6.54 Å². The topological polar surface area (TPSA) is 30.5 Å². The molecule has 0 spiro atoms. The average molecular weight is 251 g/mol. The fraction of sp³-hybridized carbons (Fsp3) is 0.600. The van der Waals surface area contributed by atoms with Gasteiger partial charge in [0.15, 0.2) is 0 Å². The Morgan fingerprint density at radius 1 is 1.06 bits per heavy atom. The molecule has 1 aromatic rings. The molecule has 3 nitrogen and oxygen atoms in total. The van der Waals surface area contributed by atoms with Crippen LogP contribution in [0.4, 0.5) is 0 Å². The van der Waals surface area contributed by atoms with Gasteiger partial charge in [-0.05, 0) is 58.0 Å². The van der Waals surface area contributed by atoms with E-state index in [1.807, 2.05) is 31.2 Å². The number of ether oxygens (including phenoxy) is 2. The van der Waals surface area contributed by atoms with Crippen LogP contribution in [0.2, 0.25) is 0 Å². The maximum Gasteiger partial charge on any atom is 0.120 e. The Morgan fingerprint density at radius 3 is 2.22 bits per heavy atom. The zero-order valence-corrected chi connectivity index (χ0v) is 12.0. The molecule has 0 aromatic heterocycles. The molecule has 0 bridgehead atoms. The minimum atomic E-state index is -0.206. The van der Waals surface area contributed by atoms with Crippen LogP contribution >= 0.6 is 0 Å². The van der Waals surface area contributed by atoms with Crippen LogP contribution in [-0.4, -0.2) is 25.3 Å². The van der Waals surface area contributed by atoms with E-state index in [-0.39, 0.29) is 5.60 Å². The lowest BCUT2D eigenvalue weighted by Crippen LogP contribution is -2.40. The molecule has 1 N–H and O–H groups in total. The third-order valence-corrected chi connectivity index (χ3v) is 2.51. The van der Waals surface area contributed by atoms with E-state index in [0.29, 0.717) is 6.61 Å². The molecule has 0 amide bonds. The lowest BCUT2D eigenvalue weighted by molar-refractivity contribution is 0.108. The Kier molecular flexibility index (Phi) is 5.99. The molecule has 1 rings (SSSR count). The first-order valence-electron chi connectivity index (χ1n) is 6.70. The summed E-state index contributed by atoms with van der Waals surface area (Å²) in [7, 11) is 0. The van der Waals surface area contributed by atoms with Crippen molar-refractivity contribution in [1.82, 2.24) is 5.32 Å². The molecular formula is C15H25NO2. The van der Waals surface area contributed by atoms with Gasteiger partial charge in [0.25, 0.3) is 0 Å². The molecule has 0 atom stereocenters. The van der Waals surface area contributed by atoms with Gasteiger partial charge in [-0.25, -0.2) is 0 Å². The molecule has 18 heavy (non-hydrogen) atoms. The van der Waals surface area contributed by atoms with Crippen molar-refractivity contribution in [2.45, 2.75) is 39.7 Å². The van der Waals surface area contributed by atoms with E-state index >= 15 is 0 Å². The first-order valence-corrected chi connectivity index (χ1v) is 6.70. The van der Waals surface area contributed by atoms with Gasteiger partial charge >= 0.3 is 0 Å². The Morgan fingerprint density at radius 2 is 1.67 bits per heavy atom. The first-order chi connectivity index (χ1) is 8.57. The third-order valence-electron chi connectivity index (χ3n) is 2.51. The molecular weight excluding hydrogens is 226 g/mol. The second kappa shape index (κ2) is 7.27. The fourth-order valence-corrected chi connectivity index (χ4v) is 1.69. The second-order valence-electron chi connectivity index (χ2n) is 4.94. The number of hydrogen-bond donors (Lipinski definition) is 1. The summed E-state index contributed by atoms with van der Waals surface area (Å²) in [5.74, 6) is 1.76. The highest BCUT2D eigenvalue weighted by Gasteiger charge is 2.18. The van der Waals surface area contributed by atoms with Gasteiger partial charge in [-0.1, -0.05) is 6.92 Å². The molecule has 0 saturated heterocycles. The Labute approximate surface area is 110 Å². The summed E-state index contributed by atoms with van der Waals surface area (Å²) in [6, 6.07) is 7.78. The molecule has 0 aliphatic heterocycles. The predicted molar refractivity (Wildman–Crippen MR) is 75.5 cm³/mol. The van der Waals surface area contributed by atoms with E-state index < -0.39 is 0 Å². The maximum absolute atomic E-state index is 5.96. The van der Waals surface area contributed by atoms with Crippen LogP contribution in [0.25, 0.3) is 0 Å². The average Bonchev–Trinajstić information content (AvgIpc) is 2.32. The van der Waals surface area contributed by atoms with Crippen LogP contribution in [-0.2, 0) is 0 Å². The van der Waals surface area contributed by atoms with E-state index in [0.717, 1.165) is 31.0 Å². The van der Waals surface area contributed by atoms with E-state index in [4.69, 9.17) is 9.47 Å². The summed E-state index contributed by atoms with van der Waals surface area (Å²) in [5.41, 5.74) is -0.206. The van der Waals surface area contributed by atoms with E-state index in [9.17, 15) is 0 Å². The highest BCUT2D eigenvalue weighted by molar-refractivity contribution is 5.31. The normalized spacial score (nSPS) is 11.3. The lowest BCUT2D eigenvalue weighted by Gasteiger charge is -2.27. The van der Waals surface area contributed by atoms with Crippen LogP contribution in [0.1, 0.15) is 34.1 Å². The molecule has 0 aliphatic rings. The Bertz CT molecular complexity index is 333. The zero-order valence-electron chi connectivity index (χ0n) is 12.0. The summed E-state index contributed by atoms with van der Waals surface area (Å²) in [4.78, 5) is 0. The van der Waals surface area contributed by atoms with Gasteiger partial charge in [0.05, 0.1) is 6.61 Å². The highest BCUT2D eigenvalue weighted by atomic mass is 16.5. The quantitative estimate of drug-likeness (QED) is 0.719. The van der Waals surface area contributed by atoms with Gasteiger partial charge in [-0.2, -0.15) is 0 Å². The summed E-state index contributed by atoms with van der Waals surface area (Å²) in [6.07, 6.45) is 1.14. The van der Waals surface area contributed by atoms with Crippen molar-refractivity contribution in [3.8, 4) is 11.5 Å². The largest absolute Gasteiger partial charge is 0.494 e. The minimum absolute atomic E-state index is 0.206. The maximum atomic E-state index is 5.96. The summed E-state index contributed by atoms with van der Waals surface area (Å²) in [5, 5.41) is 3.38. The van der Waals surface area contributed by atoms with E-state index in [1.54, 1.807) is 0 Å². The van der Waals surface area contributed by atoms with Gasteiger partial charge in [0.2, 0.25) is 0 Å².